The van der Waals surface area contributed by atoms with Crippen molar-refractivity contribution in [1.82, 2.24) is 0 Å². The average molecular weight is 500 g/mol. The third kappa shape index (κ3) is 3.54. The molecule has 0 saturated carbocycles. The van der Waals surface area contributed by atoms with E-state index in [1.54, 1.807) is 0 Å². The second-order valence-electron chi connectivity index (χ2n) is 8.42. The number of carboxylic acid groups (broad SMARTS) is 1. The molecule has 0 saturated heterocycles. The number of rotatable bonds is 4. The Labute approximate surface area is 205 Å². The summed E-state index contributed by atoms with van der Waals surface area (Å²) in [6, 6.07) is 6.95. The van der Waals surface area contributed by atoms with Gasteiger partial charge in [0.25, 0.3) is 0 Å². The van der Waals surface area contributed by atoms with Crippen LogP contribution >= 0.6 is 0 Å². The lowest BCUT2D eigenvalue weighted by Gasteiger charge is -2.15. The fraction of sp³-hybridized carbons (Fsp3) is 0.0741. The highest BCUT2D eigenvalue weighted by molar-refractivity contribution is 6.17. The van der Waals surface area contributed by atoms with Gasteiger partial charge in [0.05, 0.1) is 32.8 Å². The first-order valence-corrected chi connectivity index (χ1v) is 10.8. The smallest absolute Gasteiger partial charge is 0.336 e. The van der Waals surface area contributed by atoms with E-state index >= 15 is 0 Å². The van der Waals surface area contributed by atoms with Crippen LogP contribution in [0, 0.1) is 0 Å². The zero-order valence-corrected chi connectivity index (χ0v) is 19.2. The first-order valence-electron chi connectivity index (χ1n) is 10.8. The van der Waals surface area contributed by atoms with Crippen LogP contribution in [0.25, 0.3) is 44.0 Å². The minimum atomic E-state index is -1.51. The minimum absolute atomic E-state index is 0.0318. The summed E-state index contributed by atoms with van der Waals surface area (Å²) in [6.45, 7) is 2.33. The molecule has 184 valence electrons. The number of aromatic carboxylic acids is 1. The predicted molar refractivity (Wildman–Crippen MR) is 132 cm³/mol. The number of phenolic OH excluding ortho intramolecular Hbond substituents is 2. The molecule has 10 nitrogen and oxygen atoms in total. The molecule has 2 aromatic heterocycles. The monoisotopic (exact) mass is 500 g/mol. The molecule has 5 aromatic rings. The highest BCUT2D eigenvalue weighted by atomic mass is 16.4. The lowest BCUT2D eigenvalue weighted by Crippen LogP contribution is -2.15. The molecular formula is C27H16O10. The van der Waals surface area contributed by atoms with Crippen molar-refractivity contribution >= 4 is 50.4 Å². The Bertz CT molecular complexity index is 1970. The third-order valence-corrected chi connectivity index (χ3v) is 6.04. The molecule has 0 fully saturated rings. The summed E-state index contributed by atoms with van der Waals surface area (Å²) < 4.78 is 11.3. The molecule has 0 radical (unpaired) electrons. The maximum atomic E-state index is 13.6. The van der Waals surface area contributed by atoms with Crippen molar-refractivity contribution in [2.24, 2.45) is 0 Å². The molecule has 3 aromatic carbocycles. The van der Waals surface area contributed by atoms with Crippen LogP contribution in [-0.2, 0) is 0 Å². The van der Waals surface area contributed by atoms with Gasteiger partial charge in [-0.1, -0.05) is 0 Å². The van der Waals surface area contributed by atoms with Crippen molar-refractivity contribution in [3.05, 3.63) is 79.8 Å². The Morgan fingerprint density at radius 3 is 2.14 bits per heavy atom. The van der Waals surface area contributed by atoms with Crippen LogP contribution in [0.3, 0.4) is 0 Å². The average Bonchev–Trinajstić information content (AvgIpc) is 2.82. The largest absolute Gasteiger partial charge is 0.508 e. The molecule has 0 aliphatic carbocycles. The number of ketones is 2. The van der Waals surface area contributed by atoms with E-state index < -0.39 is 45.1 Å². The maximum Gasteiger partial charge on any atom is 0.336 e. The fourth-order valence-corrected chi connectivity index (χ4v) is 4.45. The van der Waals surface area contributed by atoms with Crippen molar-refractivity contribution in [3.63, 3.8) is 0 Å². The predicted octanol–water partition coefficient (Wildman–Crippen LogP) is 4.23. The van der Waals surface area contributed by atoms with Gasteiger partial charge in [-0.15, -0.1) is 0 Å². The summed E-state index contributed by atoms with van der Waals surface area (Å²) in [4.78, 5) is 64.4. The maximum absolute atomic E-state index is 13.6. The molecule has 0 spiro atoms. The van der Waals surface area contributed by atoms with Crippen LogP contribution in [0.5, 0.6) is 11.5 Å². The van der Waals surface area contributed by atoms with E-state index in [4.69, 9.17) is 8.83 Å². The molecular weight excluding hydrogens is 484 g/mol. The van der Waals surface area contributed by atoms with Gasteiger partial charge in [-0.05, 0) is 38.1 Å². The normalized spacial score (nSPS) is 11.3. The Balaban J connectivity index is 2.03. The number of Topliss-reactive ketones (excluding diaryl/α,β-unsaturated/α-hetero) is 2. The number of aromatic hydroxyl groups is 2. The highest BCUT2D eigenvalue weighted by Gasteiger charge is 2.28. The van der Waals surface area contributed by atoms with E-state index in [0.717, 1.165) is 25.3 Å². The third-order valence-electron chi connectivity index (χ3n) is 6.04. The van der Waals surface area contributed by atoms with E-state index in [1.807, 2.05) is 0 Å². The second kappa shape index (κ2) is 8.16. The summed E-state index contributed by atoms with van der Waals surface area (Å²) in [5.74, 6) is -3.40. The molecule has 2 heterocycles. The quantitative estimate of drug-likeness (QED) is 0.239. The van der Waals surface area contributed by atoms with Crippen molar-refractivity contribution in [2.45, 2.75) is 13.8 Å². The van der Waals surface area contributed by atoms with Crippen molar-refractivity contribution in [3.8, 4) is 22.6 Å². The van der Waals surface area contributed by atoms with E-state index in [0.29, 0.717) is 0 Å². The Kier molecular flexibility index (Phi) is 5.18. The van der Waals surface area contributed by atoms with Crippen LogP contribution < -0.4 is 10.9 Å². The molecule has 0 aliphatic heterocycles. The molecule has 0 amide bonds. The number of hydrogen-bond donors (Lipinski definition) is 3. The zero-order valence-electron chi connectivity index (χ0n) is 19.2. The first-order chi connectivity index (χ1) is 17.5. The number of carbonyl (C=O) groups excluding carboxylic acids is 2. The van der Waals surface area contributed by atoms with E-state index in [1.165, 1.54) is 31.2 Å². The van der Waals surface area contributed by atoms with Gasteiger partial charge in [0.2, 0.25) is 10.9 Å². The standard InChI is InChI=1S/C27H16O10/c1-10(28)15-8-17-24(32)14-4-3-12(30)6-19(14)37-26(17)21(11(2)29)22(15)18-9-36-20-7-13(31)5-16(27(34)35)23(20)25(18)33/h3-9,30-31H,1-2H3,(H,34,35). The fourth-order valence-electron chi connectivity index (χ4n) is 4.45. The summed E-state index contributed by atoms with van der Waals surface area (Å²) in [5, 5.41) is 28.9. The number of hydrogen-bond acceptors (Lipinski definition) is 9. The molecule has 0 atom stereocenters. The zero-order chi connectivity index (χ0) is 26.8. The first kappa shape index (κ1) is 23.5. The van der Waals surface area contributed by atoms with Crippen LogP contribution in [0.1, 0.15) is 44.9 Å². The van der Waals surface area contributed by atoms with Crippen molar-refractivity contribution in [1.29, 1.82) is 0 Å². The van der Waals surface area contributed by atoms with E-state index in [-0.39, 0.29) is 55.5 Å². The van der Waals surface area contributed by atoms with E-state index in [2.05, 4.69) is 0 Å². The number of phenols is 2. The van der Waals surface area contributed by atoms with Crippen LogP contribution in [0.4, 0.5) is 0 Å². The molecule has 5 rings (SSSR count). The summed E-state index contributed by atoms with van der Waals surface area (Å²) >= 11 is 0. The number of benzene rings is 3. The minimum Gasteiger partial charge on any atom is -0.508 e. The van der Waals surface area contributed by atoms with E-state index in [9.17, 15) is 39.3 Å². The molecule has 0 aliphatic rings. The number of carboxylic acids is 1. The molecule has 3 N–H and O–H groups in total. The Hall–Kier alpha value is -5.25. The van der Waals surface area contributed by atoms with Crippen molar-refractivity contribution in [2.75, 3.05) is 0 Å². The van der Waals surface area contributed by atoms with Crippen molar-refractivity contribution < 1.29 is 38.5 Å². The highest BCUT2D eigenvalue weighted by Crippen LogP contribution is 2.36. The lowest BCUT2D eigenvalue weighted by atomic mass is 9.88. The van der Waals surface area contributed by atoms with Gasteiger partial charge in [-0.25, -0.2) is 4.79 Å². The molecule has 37 heavy (non-hydrogen) atoms. The Morgan fingerprint density at radius 1 is 0.784 bits per heavy atom. The summed E-state index contributed by atoms with van der Waals surface area (Å²) in [5.41, 5.74) is -3.44. The number of fused-ring (bicyclic) bond motifs is 3. The molecule has 0 bridgehead atoms. The summed E-state index contributed by atoms with van der Waals surface area (Å²) in [7, 11) is 0. The Morgan fingerprint density at radius 2 is 1.49 bits per heavy atom. The van der Waals surface area contributed by atoms with Gasteiger partial charge in [0.1, 0.15) is 34.5 Å². The van der Waals surface area contributed by atoms with Gasteiger partial charge in [-0.2, -0.15) is 0 Å². The molecule has 0 unspecified atom stereocenters. The lowest BCUT2D eigenvalue weighted by molar-refractivity contribution is 0.0697. The van der Waals surface area contributed by atoms with Crippen LogP contribution in [-0.4, -0.2) is 32.9 Å². The van der Waals surface area contributed by atoms with Crippen LogP contribution in [0.15, 0.2) is 61.1 Å². The number of carbonyl (C=O) groups is 3. The van der Waals surface area contributed by atoms with Gasteiger partial charge in [0.15, 0.2) is 11.6 Å². The molecule has 10 heteroatoms. The van der Waals surface area contributed by atoms with Gasteiger partial charge >= 0.3 is 5.97 Å². The van der Waals surface area contributed by atoms with Gasteiger partial charge in [-0.3, -0.25) is 19.2 Å². The van der Waals surface area contributed by atoms with Crippen LogP contribution in [0.2, 0.25) is 0 Å². The van der Waals surface area contributed by atoms with Gasteiger partial charge in [0, 0.05) is 23.3 Å². The van der Waals surface area contributed by atoms with Gasteiger partial charge < -0.3 is 24.2 Å². The topological polar surface area (TPSA) is 172 Å². The SMILES string of the molecule is CC(=O)c1cc2c(=O)c3ccc(O)cc3oc2c(C(C)=O)c1-c1coc2cc(O)cc(C(=O)O)c2c1=O. The second-order valence-corrected chi connectivity index (χ2v) is 8.42. The summed E-state index contributed by atoms with van der Waals surface area (Å²) in [6.07, 6.45) is 0.945.